The Kier molecular flexibility index (Phi) is 6.45. The molecule has 0 spiro atoms. The highest BCUT2D eigenvalue weighted by Crippen LogP contribution is 2.32. The number of rotatable bonds is 5. The molecule has 1 atom stereocenters. The van der Waals surface area contributed by atoms with Gasteiger partial charge in [0.1, 0.15) is 12.6 Å². The molecule has 0 radical (unpaired) electrons. The molecule has 0 bridgehead atoms. The van der Waals surface area contributed by atoms with Crippen LogP contribution in [0, 0.1) is 0 Å². The van der Waals surface area contributed by atoms with Crippen LogP contribution in [0.3, 0.4) is 0 Å². The van der Waals surface area contributed by atoms with Gasteiger partial charge in [-0.2, -0.15) is 0 Å². The maximum absolute atomic E-state index is 13.5. The van der Waals surface area contributed by atoms with E-state index in [4.69, 9.17) is 4.98 Å². The van der Waals surface area contributed by atoms with Gasteiger partial charge in [-0.1, -0.05) is 67.8 Å². The van der Waals surface area contributed by atoms with E-state index < -0.39 is 6.04 Å². The third-order valence-electron chi connectivity index (χ3n) is 8.18. The van der Waals surface area contributed by atoms with Crippen LogP contribution in [0.1, 0.15) is 54.8 Å². The van der Waals surface area contributed by atoms with E-state index in [1.54, 1.807) is 9.80 Å². The van der Waals surface area contributed by atoms with Gasteiger partial charge in [-0.3, -0.25) is 19.5 Å². The molecule has 6 heteroatoms. The van der Waals surface area contributed by atoms with Crippen LogP contribution >= 0.6 is 0 Å². The second-order valence-electron chi connectivity index (χ2n) is 10.6. The lowest BCUT2D eigenvalue weighted by molar-refractivity contribution is -0.160. The van der Waals surface area contributed by atoms with Gasteiger partial charge in [-0.15, -0.1) is 0 Å². The van der Waals surface area contributed by atoms with Crippen molar-refractivity contribution in [3.8, 4) is 0 Å². The van der Waals surface area contributed by atoms with Crippen LogP contribution in [-0.4, -0.2) is 63.7 Å². The first-order valence-electron chi connectivity index (χ1n) is 13.4. The van der Waals surface area contributed by atoms with Gasteiger partial charge in [-0.05, 0) is 42.0 Å². The summed E-state index contributed by atoms with van der Waals surface area (Å²) in [6.07, 6.45) is 6.56. The minimum Gasteiger partial charge on any atom is -0.327 e. The van der Waals surface area contributed by atoms with Crippen LogP contribution in [0.25, 0.3) is 10.9 Å². The Balaban J connectivity index is 1.12. The molecular formula is C30H34N4O2. The largest absolute Gasteiger partial charge is 0.327 e. The average Bonchev–Trinajstić information content (AvgIpc) is 2.92. The van der Waals surface area contributed by atoms with Gasteiger partial charge in [0.25, 0.3) is 0 Å². The first-order valence-corrected chi connectivity index (χ1v) is 13.4. The van der Waals surface area contributed by atoms with Crippen molar-refractivity contribution >= 4 is 22.7 Å². The summed E-state index contributed by atoms with van der Waals surface area (Å²) in [6, 6.07) is 20.6. The number of carbonyl (C=O) groups excluding carboxylic acids is 2. The van der Waals surface area contributed by atoms with Crippen molar-refractivity contribution in [1.82, 2.24) is 19.7 Å². The molecule has 1 aliphatic carbocycles. The van der Waals surface area contributed by atoms with Crippen molar-refractivity contribution in [2.75, 3.05) is 26.2 Å². The number of nitrogens with zero attached hydrogens (tertiary/aromatic N) is 4. The fourth-order valence-electron chi connectivity index (χ4n) is 6.15. The fraction of sp³-hybridized carbons (Fsp3) is 0.433. The van der Waals surface area contributed by atoms with Gasteiger partial charge in [-0.25, -0.2) is 0 Å². The van der Waals surface area contributed by atoms with E-state index in [2.05, 4.69) is 47.4 Å². The number of hydrogen-bond donors (Lipinski definition) is 0. The van der Waals surface area contributed by atoms with Gasteiger partial charge in [0.05, 0.1) is 11.2 Å². The first kappa shape index (κ1) is 23.2. The molecule has 3 aromatic rings. The number of fused-ring (bicyclic) bond motifs is 2. The minimum atomic E-state index is -0.415. The lowest BCUT2D eigenvalue weighted by Gasteiger charge is -2.46. The summed E-state index contributed by atoms with van der Waals surface area (Å²) in [5, 5.41) is 1.13. The average molecular weight is 483 g/mol. The number of benzene rings is 2. The van der Waals surface area contributed by atoms with Crippen LogP contribution in [0.2, 0.25) is 0 Å². The molecule has 2 saturated heterocycles. The predicted molar refractivity (Wildman–Crippen MR) is 140 cm³/mol. The molecule has 2 amide bonds. The highest BCUT2D eigenvalue weighted by atomic mass is 16.2. The van der Waals surface area contributed by atoms with E-state index in [9.17, 15) is 9.59 Å². The summed E-state index contributed by atoms with van der Waals surface area (Å²) in [4.78, 5) is 37.0. The normalized spacial score (nSPS) is 21.7. The zero-order chi connectivity index (χ0) is 24.5. The smallest absolute Gasteiger partial charge is 0.247 e. The zero-order valence-corrected chi connectivity index (χ0v) is 20.8. The SMILES string of the molecule is O=C1C2CN(Cc3ccc4ccccc4n3)CCN2C(=O)CN1Cc1ccc(C2CCCCC2)cc1. The number of aromatic nitrogens is 1. The van der Waals surface area contributed by atoms with Gasteiger partial charge in [0.2, 0.25) is 11.8 Å². The summed E-state index contributed by atoms with van der Waals surface area (Å²) in [7, 11) is 0. The number of pyridine rings is 1. The molecule has 36 heavy (non-hydrogen) atoms. The van der Waals surface area contributed by atoms with E-state index in [0.29, 0.717) is 32.1 Å². The number of hydrogen-bond acceptors (Lipinski definition) is 4. The van der Waals surface area contributed by atoms with E-state index >= 15 is 0 Å². The minimum absolute atomic E-state index is 0.0573. The highest BCUT2D eigenvalue weighted by molar-refractivity contribution is 5.95. The van der Waals surface area contributed by atoms with Crippen LogP contribution in [0.4, 0.5) is 0 Å². The fourth-order valence-corrected chi connectivity index (χ4v) is 6.15. The second-order valence-corrected chi connectivity index (χ2v) is 10.6. The van der Waals surface area contributed by atoms with Crippen molar-refractivity contribution in [3.63, 3.8) is 0 Å². The summed E-state index contributed by atoms with van der Waals surface area (Å²) in [5.74, 6) is 0.786. The maximum atomic E-state index is 13.5. The predicted octanol–water partition coefficient (Wildman–Crippen LogP) is 4.34. The summed E-state index contributed by atoms with van der Waals surface area (Å²) < 4.78 is 0. The molecule has 1 saturated carbocycles. The van der Waals surface area contributed by atoms with Crippen molar-refractivity contribution in [1.29, 1.82) is 0 Å². The second kappa shape index (κ2) is 10.0. The first-order chi connectivity index (χ1) is 17.6. The molecular weight excluding hydrogens is 448 g/mol. The molecule has 0 N–H and O–H groups in total. The zero-order valence-electron chi connectivity index (χ0n) is 20.8. The molecule has 6 rings (SSSR count). The number of amides is 2. The number of piperazine rings is 2. The molecule has 186 valence electrons. The molecule has 6 nitrogen and oxygen atoms in total. The third-order valence-corrected chi connectivity index (χ3v) is 8.18. The Morgan fingerprint density at radius 2 is 1.64 bits per heavy atom. The van der Waals surface area contributed by atoms with Crippen LogP contribution in [0.5, 0.6) is 0 Å². The Bertz CT molecular complexity index is 1250. The Morgan fingerprint density at radius 3 is 2.47 bits per heavy atom. The summed E-state index contributed by atoms with van der Waals surface area (Å²) in [5.41, 5.74) is 4.48. The van der Waals surface area contributed by atoms with E-state index in [1.807, 2.05) is 18.2 Å². The van der Waals surface area contributed by atoms with Crippen LogP contribution in [0.15, 0.2) is 60.7 Å². The van der Waals surface area contributed by atoms with E-state index in [1.165, 1.54) is 37.7 Å². The van der Waals surface area contributed by atoms with Crippen molar-refractivity contribution in [2.24, 2.45) is 0 Å². The highest BCUT2D eigenvalue weighted by Gasteiger charge is 2.42. The van der Waals surface area contributed by atoms with Crippen LogP contribution < -0.4 is 0 Å². The number of carbonyl (C=O) groups is 2. The molecule has 3 heterocycles. The summed E-state index contributed by atoms with van der Waals surface area (Å²) in [6.45, 7) is 3.24. The standard InChI is InChI=1S/C30H34N4O2/c35-29-21-33(18-22-10-12-24(13-11-22)23-6-2-1-3-7-23)30(36)28-20-32(16-17-34(28)29)19-26-15-14-25-8-4-5-9-27(25)31-26/h4-5,8-15,23,28H,1-3,6-7,16-21H2. The molecule has 3 fully saturated rings. The van der Waals surface area contributed by atoms with Gasteiger partial charge in [0.15, 0.2) is 0 Å². The Morgan fingerprint density at radius 1 is 0.833 bits per heavy atom. The lowest BCUT2D eigenvalue weighted by Crippen LogP contribution is -2.66. The Labute approximate surface area is 212 Å². The quantitative estimate of drug-likeness (QED) is 0.543. The maximum Gasteiger partial charge on any atom is 0.247 e. The molecule has 1 unspecified atom stereocenters. The van der Waals surface area contributed by atoms with Gasteiger partial charge >= 0.3 is 0 Å². The van der Waals surface area contributed by atoms with Crippen molar-refractivity contribution < 1.29 is 9.59 Å². The van der Waals surface area contributed by atoms with E-state index in [0.717, 1.165) is 28.7 Å². The van der Waals surface area contributed by atoms with E-state index in [-0.39, 0.29) is 18.4 Å². The summed E-state index contributed by atoms with van der Waals surface area (Å²) >= 11 is 0. The third kappa shape index (κ3) is 4.74. The topological polar surface area (TPSA) is 56.8 Å². The monoisotopic (exact) mass is 482 g/mol. The molecule has 2 aromatic carbocycles. The molecule has 1 aromatic heterocycles. The van der Waals surface area contributed by atoms with Gasteiger partial charge < -0.3 is 9.80 Å². The number of para-hydroxylation sites is 1. The lowest BCUT2D eigenvalue weighted by atomic mass is 9.84. The molecule has 3 aliphatic rings. The van der Waals surface area contributed by atoms with Crippen molar-refractivity contribution in [2.45, 2.75) is 57.2 Å². The van der Waals surface area contributed by atoms with Gasteiger partial charge in [0, 0.05) is 38.1 Å². The Hall–Kier alpha value is -3.25. The molecule has 2 aliphatic heterocycles. The van der Waals surface area contributed by atoms with Crippen molar-refractivity contribution in [3.05, 3.63) is 77.5 Å². The van der Waals surface area contributed by atoms with Crippen LogP contribution in [-0.2, 0) is 22.7 Å².